The molecule has 26 rings (SSSR count). The zero-order valence-electron chi connectivity index (χ0n) is 68.0. The molecule has 0 aliphatic heterocycles. The lowest BCUT2D eigenvalue weighted by Gasteiger charge is -2.12. The zero-order valence-corrected chi connectivity index (χ0v) is 68.0. The first-order valence-electron chi connectivity index (χ1n) is 42.6. The summed E-state index contributed by atoms with van der Waals surface area (Å²) in [6, 6.07) is 155. The summed E-state index contributed by atoms with van der Waals surface area (Å²) in [6.45, 7) is 0. The minimum absolute atomic E-state index is 0.701. The quantitative estimate of drug-likeness (QED) is 0.121. The summed E-state index contributed by atoms with van der Waals surface area (Å²) in [6.07, 6.45) is 0. The molecule has 0 bridgehead atoms. The van der Waals surface area contributed by atoms with E-state index in [-0.39, 0.29) is 0 Å². The Morgan fingerprint density at radius 1 is 0.159 bits per heavy atom. The molecule has 0 fully saturated rings. The van der Waals surface area contributed by atoms with Crippen LogP contribution in [0.15, 0.2) is 446 Å². The normalized spacial score (nSPS) is 11.8. The van der Waals surface area contributed by atoms with Crippen molar-refractivity contribution < 1.29 is 8.83 Å². The van der Waals surface area contributed by atoms with Crippen molar-refractivity contribution in [1.82, 2.24) is 38.2 Å². The Kier molecular flexibility index (Phi) is 16.7. The van der Waals surface area contributed by atoms with E-state index in [1.54, 1.807) is 0 Å². The van der Waals surface area contributed by atoms with Gasteiger partial charge in [0, 0.05) is 121 Å². The second-order valence-electron chi connectivity index (χ2n) is 32.3. The Hall–Kier alpha value is -17.1. The van der Waals surface area contributed by atoms with Gasteiger partial charge in [-0.15, -0.1) is 0 Å². The van der Waals surface area contributed by atoms with Crippen LogP contribution < -0.4 is 0 Å². The van der Waals surface area contributed by atoms with Gasteiger partial charge in [0.05, 0.1) is 66.9 Å². The van der Waals surface area contributed by atoms with Gasteiger partial charge < -0.3 is 27.1 Å². The number of nitrogens with zero attached hydrogens (tertiary/aromatic N) is 8. The van der Waals surface area contributed by atoms with Gasteiger partial charge in [0.25, 0.3) is 0 Å². The molecule has 10 nitrogen and oxygen atoms in total. The van der Waals surface area contributed by atoms with Crippen LogP contribution in [0.4, 0.5) is 0 Å². The SMILES string of the molecule is c1ccc(-c2cc(-c3ccc(-n4c5ccccc5c5c(-c6ccc7c(c6)c6ccccc6n7-c6ccc7oc8ccccc8c7c6)cccc54)cc3)nc(-c3ccccc3)n2)cc1.c1ccc(-c2cc(-c3cccc(-n4c5ccccc5c5c(-c6ccc7c(c6)c6ccccc6n7-c6ccc7oc8ccccc8c7c6)cccc54)c3)nc(-c3ccccc3)n2)cc1. The minimum atomic E-state index is 0.701. The van der Waals surface area contributed by atoms with Gasteiger partial charge in [0.1, 0.15) is 22.3 Å². The number of rotatable bonds is 12. The summed E-state index contributed by atoms with van der Waals surface area (Å²) in [4.78, 5) is 20.3. The van der Waals surface area contributed by atoms with Gasteiger partial charge in [0.15, 0.2) is 11.6 Å². The van der Waals surface area contributed by atoms with E-state index in [2.05, 4.69) is 370 Å². The molecule has 0 atom stereocenters. The Morgan fingerprint density at radius 3 is 0.913 bits per heavy atom. The Bertz CT molecular complexity index is 8720. The fourth-order valence-electron chi connectivity index (χ4n) is 19.3. The molecule has 8 aromatic heterocycles. The molecule has 588 valence electrons. The lowest BCUT2D eigenvalue weighted by atomic mass is 9.98. The Balaban J connectivity index is 0.000000137. The molecule has 0 spiro atoms. The topological polar surface area (TPSA) is 97.6 Å². The molecule has 0 saturated heterocycles. The number of hydrogen-bond donors (Lipinski definition) is 0. The Labute approximate surface area is 723 Å². The van der Waals surface area contributed by atoms with Gasteiger partial charge in [-0.05, 0) is 168 Å². The predicted molar refractivity (Wildman–Crippen MR) is 519 cm³/mol. The molecule has 0 radical (unpaired) electrons. The van der Waals surface area contributed by atoms with Crippen LogP contribution in [0.25, 0.3) is 244 Å². The van der Waals surface area contributed by atoms with Crippen molar-refractivity contribution in [3.63, 3.8) is 0 Å². The first kappa shape index (κ1) is 71.8. The highest BCUT2D eigenvalue weighted by molar-refractivity contribution is 6.20. The molecule has 0 N–H and O–H groups in total. The zero-order chi connectivity index (χ0) is 82.9. The maximum Gasteiger partial charge on any atom is 0.160 e. The molecule has 0 aliphatic carbocycles. The Morgan fingerprint density at radius 2 is 0.460 bits per heavy atom. The van der Waals surface area contributed by atoms with Crippen LogP contribution in [0.3, 0.4) is 0 Å². The average Bonchev–Trinajstić information content (AvgIpc) is 1.57. The van der Waals surface area contributed by atoms with Crippen molar-refractivity contribution in [2.45, 2.75) is 0 Å². The molecular weight excluding hydrogens is 1540 g/mol. The molecule has 18 aromatic carbocycles. The molecule has 126 heavy (non-hydrogen) atoms. The highest BCUT2D eigenvalue weighted by Gasteiger charge is 2.25. The summed E-state index contributed by atoms with van der Waals surface area (Å²) in [5.41, 5.74) is 31.6. The lowest BCUT2D eigenvalue weighted by Crippen LogP contribution is -1.97. The number of benzene rings is 18. The summed E-state index contributed by atoms with van der Waals surface area (Å²) in [5.74, 6) is 1.41. The van der Waals surface area contributed by atoms with Crippen molar-refractivity contribution in [3.8, 4) is 113 Å². The van der Waals surface area contributed by atoms with Crippen LogP contribution >= 0.6 is 0 Å². The molecular formula is C116H72N8O2. The first-order chi connectivity index (χ1) is 62.5. The van der Waals surface area contributed by atoms with Gasteiger partial charge >= 0.3 is 0 Å². The van der Waals surface area contributed by atoms with Crippen molar-refractivity contribution in [2.75, 3.05) is 0 Å². The smallest absolute Gasteiger partial charge is 0.160 e. The van der Waals surface area contributed by atoms with E-state index >= 15 is 0 Å². The van der Waals surface area contributed by atoms with Gasteiger partial charge in [0.2, 0.25) is 0 Å². The van der Waals surface area contributed by atoms with Crippen LogP contribution in [0.1, 0.15) is 0 Å². The van der Waals surface area contributed by atoms with Crippen LogP contribution in [-0.2, 0) is 0 Å². The van der Waals surface area contributed by atoms with Crippen molar-refractivity contribution in [1.29, 1.82) is 0 Å². The van der Waals surface area contributed by atoms with Gasteiger partial charge in [-0.2, -0.15) is 0 Å². The van der Waals surface area contributed by atoms with Crippen LogP contribution in [0.5, 0.6) is 0 Å². The standard InChI is InChI=1S/2C58H36N4O/c1-3-15-37(16-4-1)49-36-50(60-58(59-49)38-17-5-2-6-18-38)40-19-13-20-41(33-40)62-52-26-11-8-23-46(52)57-43(24-14-27-54(57)62)39-29-31-53-47(34-39)44-21-7-10-25-51(44)61(53)42-30-32-56-48(35-42)45-22-9-12-28-55(45)63-56;1-3-14-37(15-4-1)49-36-50(60-58(59-49)39-16-5-2-6-17-39)38-26-29-41(30-27-38)61-52-23-11-8-20-46(52)57-43(21-13-24-54(57)61)40-28-32-53-47(34-40)44-18-7-10-22-51(44)62(53)42-31-33-56-48(35-42)45-19-9-12-25-55(45)63-56/h2*1-36H. The third-order valence-corrected chi connectivity index (χ3v) is 25.1. The lowest BCUT2D eigenvalue weighted by molar-refractivity contribution is 0.668. The number of aromatic nitrogens is 8. The number of hydrogen-bond acceptors (Lipinski definition) is 6. The minimum Gasteiger partial charge on any atom is -0.456 e. The van der Waals surface area contributed by atoms with Crippen LogP contribution in [0.2, 0.25) is 0 Å². The van der Waals surface area contributed by atoms with Crippen molar-refractivity contribution in [2.24, 2.45) is 0 Å². The van der Waals surface area contributed by atoms with Crippen LogP contribution in [0, 0.1) is 0 Å². The molecule has 10 heteroatoms. The summed E-state index contributed by atoms with van der Waals surface area (Å²) in [7, 11) is 0. The van der Waals surface area contributed by atoms with Crippen molar-refractivity contribution in [3.05, 3.63) is 437 Å². The number of fused-ring (bicyclic) bond motifs is 18. The third-order valence-electron chi connectivity index (χ3n) is 25.1. The number of furan rings is 2. The van der Waals surface area contributed by atoms with Crippen molar-refractivity contribution >= 4 is 131 Å². The largest absolute Gasteiger partial charge is 0.456 e. The van der Waals surface area contributed by atoms with E-state index < -0.39 is 0 Å². The maximum atomic E-state index is 6.21. The number of para-hydroxylation sites is 6. The first-order valence-corrected chi connectivity index (χ1v) is 42.6. The van der Waals surface area contributed by atoms with E-state index in [1.165, 1.54) is 76.4 Å². The van der Waals surface area contributed by atoms with Crippen LogP contribution in [-0.4, -0.2) is 38.2 Å². The van der Waals surface area contributed by atoms with E-state index in [0.717, 1.165) is 156 Å². The molecule has 0 amide bonds. The van der Waals surface area contributed by atoms with E-state index in [9.17, 15) is 0 Å². The molecule has 0 aliphatic rings. The van der Waals surface area contributed by atoms with Gasteiger partial charge in [-0.25, -0.2) is 19.9 Å². The second kappa shape index (κ2) is 29.4. The summed E-state index contributed by atoms with van der Waals surface area (Å²) >= 11 is 0. The third kappa shape index (κ3) is 11.9. The average molecular weight is 1610 g/mol. The summed E-state index contributed by atoms with van der Waals surface area (Å²) < 4.78 is 22.0. The van der Waals surface area contributed by atoms with E-state index in [0.29, 0.717) is 11.6 Å². The fraction of sp³-hybridized carbons (Fsp3) is 0. The predicted octanol–water partition coefficient (Wildman–Crippen LogP) is 30.5. The monoisotopic (exact) mass is 1610 g/mol. The fourth-order valence-corrected chi connectivity index (χ4v) is 19.3. The van der Waals surface area contributed by atoms with Gasteiger partial charge in [-0.1, -0.05) is 291 Å². The summed E-state index contributed by atoms with van der Waals surface area (Å²) in [5, 5.41) is 14.2. The molecule has 26 aromatic rings. The maximum absolute atomic E-state index is 6.21. The molecule has 0 unspecified atom stereocenters. The molecule has 0 saturated carbocycles. The highest BCUT2D eigenvalue weighted by atomic mass is 16.3. The molecule has 8 heterocycles. The van der Waals surface area contributed by atoms with E-state index in [1.807, 2.05) is 84.9 Å². The van der Waals surface area contributed by atoms with Gasteiger partial charge in [-0.3, -0.25) is 0 Å². The second-order valence-corrected chi connectivity index (χ2v) is 32.3. The van der Waals surface area contributed by atoms with E-state index in [4.69, 9.17) is 28.8 Å². The highest BCUT2D eigenvalue weighted by Crippen LogP contribution is 2.47.